The molecule has 0 aliphatic carbocycles. The smallest absolute Gasteiger partial charge is 0.271 e. The van der Waals surface area contributed by atoms with Gasteiger partial charge in [0.15, 0.2) is 6.10 Å². The van der Waals surface area contributed by atoms with Gasteiger partial charge in [-0.25, -0.2) is 4.39 Å². The van der Waals surface area contributed by atoms with Crippen LogP contribution in [0.3, 0.4) is 0 Å². The Morgan fingerprint density at radius 1 is 1.35 bits per heavy atom. The Bertz CT molecular complexity index is 754. The van der Waals surface area contributed by atoms with Gasteiger partial charge in [0, 0.05) is 17.8 Å². The number of non-ortho nitro benzene ring substituents is 1. The number of hydrogen-bond acceptors (Lipinski definition) is 4. The first-order valence-corrected chi connectivity index (χ1v) is 6.91. The van der Waals surface area contributed by atoms with Crippen LogP contribution in [-0.2, 0) is 4.79 Å². The molecule has 1 N–H and O–H groups in total. The summed E-state index contributed by atoms with van der Waals surface area (Å²) in [5, 5.41) is 13.2. The summed E-state index contributed by atoms with van der Waals surface area (Å²) in [5.41, 5.74) is 0.111. The van der Waals surface area contributed by atoms with Crippen LogP contribution in [0.25, 0.3) is 0 Å². The van der Waals surface area contributed by atoms with E-state index in [0.29, 0.717) is 5.69 Å². The number of nitrogens with one attached hydrogen (secondary N) is 1. The van der Waals surface area contributed by atoms with Gasteiger partial charge >= 0.3 is 0 Å². The molecule has 0 bridgehead atoms. The van der Waals surface area contributed by atoms with Crippen LogP contribution < -0.4 is 10.1 Å². The molecule has 0 saturated heterocycles. The Kier molecular flexibility index (Phi) is 5.13. The molecule has 0 aromatic heterocycles. The second-order valence-electron chi connectivity index (χ2n) is 4.63. The number of nitrogens with zero attached hydrogens (tertiary/aromatic N) is 1. The minimum Gasteiger partial charge on any atom is -0.479 e. The molecule has 2 aromatic carbocycles. The summed E-state index contributed by atoms with van der Waals surface area (Å²) < 4.78 is 18.5. The summed E-state index contributed by atoms with van der Waals surface area (Å²) in [5.74, 6) is -0.848. The van der Waals surface area contributed by atoms with Crippen LogP contribution in [0.1, 0.15) is 6.92 Å². The highest BCUT2D eigenvalue weighted by Crippen LogP contribution is 2.29. The summed E-state index contributed by atoms with van der Waals surface area (Å²) in [7, 11) is 0. The Morgan fingerprint density at radius 3 is 2.70 bits per heavy atom. The molecule has 2 rings (SSSR count). The number of anilines is 1. The molecule has 0 aliphatic heterocycles. The monoisotopic (exact) mass is 338 g/mol. The number of nitro groups is 1. The number of carbonyl (C=O) groups excluding carboxylic acids is 1. The fourth-order valence-electron chi connectivity index (χ4n) is 1.75. The summed E-state index contributed by atoms with van der Waals surface area (Å²) in [4.78, 5) is 22.1. The topological polar surface area (TPSA) is 81.5 Å². The van der Waals surface area contributed by atoms with Gasteiger partial charge in [0.25, 0.3) is 11.6 Å². The fraction of sp³-hybridized carbons (Fsp3) is 0.133. The maximum absolute atomic E-state index is 13.1. The van der Waals surface area contributed by atoms with Crippen molar-refractivity contribution in [3.63, 3.8) is 0 Å². The molecule has 0 fully saturated rings. The molecule has 6 nitrogen and oxygen atoms in total. The minimum absolute atomic E-state index is 0.0182. The van der Waals surface area contributed by atoms with Gasteiger partial charge in [-0.05, 0) is 31.2 Å². The summed E-state index contributed by atoms with van der Waals surface area (Å²) in [6.45, 7) is 1.48. The standard InChI is InChI=1S/C15H12ClFN2O4/c1-9(15(20)18-11-4-2-3-10(17)7-11)23-14-6-5-12(19(21)22)8-13(14)16/h2-9H,1H3,(H,18,20)/t9-/m0/s1. The molecule has 8 heteroatoms. The Labute approximate surface area is 136 Å². The van der Waals surface area contributed by atoms with Crippen LogP contribution in [0.15, 0.2) is 42.5 Å². The second kappa shape index (κ2) is 7.06. The van der Waals surface area contributed by atoms with Crippen molar-refractivity contribution in [3.8, 4) is 5.75 Å². The van der Waals surface area contributed by atoms with Gasteiger partial charge in [0.05, 0.1) is 9.95 Å². The Balaban J connectivity index is 2.05. The quantitative estimate of drug-likeness (QED) is 0.664. The Hall–Kier alpha value is -2.67. The van der Waals surface area contributed by atoms with Crippen molar-refractivity contribution in [3.05, 3.63) is 63.4 Å². The molecule has 2 aromatic rings. The molecule has 1 amide bonds. The van der Waals surface area contributed by atoms with Crippen molar-refractivity contribution in [1.82, 2.24) is 0 Å². The van der Waals surface area contributed by atoms with Crippen molar-refractivity contribution >= 4 is 28.9 Å². The van der Waals surface area contributed by atoms with Gasteiger partial charge in [-0.1, -0.05) is 17.7 Å². The first-order valence-electron chi connectivity index (χ1n) is 6.54. The average molecular weight is 339 g/mol. The lowest BCUT2D eigenvalue weighted by Crippen LogP contribution is -2.30. The number of carbonyl (C=O) groups is 1. The van der Waals surface area contributed by atoms with Crippen LogP contribution in [0.4, 0.5) is 15.8 Å². The van der Waals surface area contributed by atoms with E-state index in [1.54, 1.807) is 0 Å². The number of nitro benzene ring substituents is 1. The van der Waals surface area contributed by atoms with E-state index < -0.39 is 22.8 Å². The van der Waals surface area contributed by atoms with E-state index >= 15 is 0 Å². The lowest BCUT2D eigenvalue weighted by Gasteiger charge is -2.15. The molecule has 0 radical (unpaired) electrons. The molecule has 0 spiro atoms. The minimum atomic E-state index is -0.933. The zero-order chi connectivity index (χ0) is 17.0. The summed E-state index contributed by atoms with van der Waals surface area (Å²) >= 11 is 5.89. The Morgan fingerprint density at radius 2 is 2.09 bits per heavy atom. The van der Waals surface area contributed by atoms with Gasteiger partial charge in [-0.2, -0.15) is 0 Å². The average Bonchev–Trinajstić information content (AvgIpc) is 2.49. The molecular weight excluding hydrogens is 327 g/mol. The predicted octanol–water partition coefficient (Wildman–Crippen LogP) is 3.79. The van der Waals surface area contributed by atoms with E-state index in [4.69, 9.17) is 16.3 Å². The van der Waals surface area contributed by atoms with Crippen molar-refractivity contribution in [1.29, 1.82) is 0 Å². The lowest BCUT2D eigenvalue weighted by molar-refractivity contribution is -0.384. The first-order chi connectivity index (χ1) is 10.9. The van der Waals surface area contributed by atoms with Gasteiger partial charge in [-0.3, -0.25) is 14.9 Å². The van der Waals surface area contributed by atoms with Crippen LogP contribution in [0, 0.1) is 15.9 Å². The zero-order valence-corrected chi connectivity index (χ0v) is 12.7. The molecular formula is C15H12ClFN2O4. The SMILES string of the molecule is C[C@H](Oc1ccc([N+](=O)[O-])cc1Cl)C(=O)Nc1cccc(F)c1. The lowest BCUT2D eigenvalue weighted by atomic mass is 10.2. The van der Waals surface area contributed by atoms with Gasteiger partial charge in [0.1, 0.15) is 11.6 Å². The van der Waals surface area contributed by atoms with Crippen molar-refractivity contribution in [2.24, 2.45) is 0 Å². The number of ether oxygens (including phenoxy) is 1. The zero-order valence-electron chi connectivity index (χ0n) is 12.0. The van der Waals surface area contributed by atoms with Gasteiger partial charge < -0.3 is 10.1 Å². The molecule has 1 atom stereocenters. The molecule has 120 valence electrons. The van der Waals surface area contributed by atoms with E-state index in [1.165, 1.54) is 43.3 Å². The normalized spacial score (nSPS) is 11.6. The van der Waals surface area contributed by atoms with Crippen LogP contribution >= 0.6 is 11.6 Å². The molecule has 23 heavy (non-hydrogen) atoms. The third-order valence-electron chi connectivity index (χ3n) is 2.89. The van der Waals surface area contributed by atoms with Crippen molar-refractivity contribution in [2.75, 3.05) is 5.32 Å². The molecule has 0 saturated carbocycles. The highest BCUT2D eigenvalue weighted by atomic mass is 35.5. The number of hydrogen-bond donors (Lipinski definition) is 1. The van der Waals surface area contributed by atoms with Crippen LogP contribution in [0.5, 0.6) is 5.75 Å². The van der Waals surface area contributed by atoms with Crippen LogP contribution in [-0.4, -0.2) is 16.9 Å². The van der Waals surface area contributed by atoms with Gasteiger partial charge in [0.2, 0.25) is 0 Å². The molecule has 0 heterocycles. The van der Waals surface area contributed by atoms with Gasteiger partial charge in [-0.15, -0.1) is 0 Å². The fourth-order valence-corrected chi connectivity index (χ4v) is 1.97. The first kappa shape index (κ1) is 16.7. The maximum Gasteiger partial charge on any atom is 0.271 e. The van der Waals surface area contributed by atoms with Crippen LogP contribution in [0.2, 0.25) is 5.02 Å². The highest BCUT2D eigenvalue weighted by Gasteiger charge is 2.18. The summed E-state index contributed by atoms with van der Waals surface area (Å²) in [6.07, 6.45) is -0.933. The molecule has 0 unspecified atom stereocenters. The largest absolute Gasteiger partial charge is 0.479 e. The van der Waals surface area contributed by atoms with Crippen molar-refractivity contribution < 1.29 is 18.8 Å². The highest BCUT2D eigenvalue weighted by molar-refractivity contribution is 6.32. The second-order valence-corrected chi connectivity index (χ2v) is 5.04. The van der Waals surface area contributed by atoms with E-state index in [0.717, 1.165) is 6.07 Å². The third-order valence-corrected chi connectivity index (χ3v) is 3.19. The molecule has 0 aliphatic rings. The summed E-state index contributed by atoms with van der Waals surface area (Å²) in [6, 6.07) is 9.09. The van der Waals surface area contributed by atoms with E-state index in [-0.39, 0.29) is 16.5 Å². The number of benzene rings is 2. The van der Waals surface area contributed by atoms with E-state index in [9.17, 15) is 19.3 Å². The number of amides is 1. The third kappa shape index (κ3) is 4.40. The maximum atomic E-state index is 13.1. The number of rotatable bonds is 5. The predicted molar refractivity (Wildman–Crippen MR) is 83.2 cm³/mol. The van der Waals surface area contributed by atoms with E-state index in [2.05, 4.69) is 5.32 Å². The van der Waals surface area contributed by atoms with Crippen molar-refractivity contribution in [2.45, 2.75) is 13.0 Å². The van der Waals surface area contributed by atoms with E-state index in [1.807, 2.05) is 0 Å². The number of halogens is 2.